The highest BCUT2D eigenvalue weighted by Crippen LogP contribution is 2.40. The predicted molar refractivity (Wildman–Crippen MR) is 86.9 cm³/mol. The Kier molecular flexibility index (Phi) is 6.99. The average molecular weight is 353 g/mol. The Balaban J connectivity index is 1.96. The molecule has 24 heavy (non-hydrogen) atoms. The van der Waals surface area contributed by atoms with Gasteiger partial charge in [0, 0.05) is 12.8 Å². The van der Waals surface area contributed by atoms with Crippen LogP contribution in [0.2, 0.25) is 0 Å². The monoisotopic (exact) mass is 353 g/mol. The maximum Gasteiger partial charge on any atom is 0.220 e. The molecular formula is C17H24NO5P-2. The lowest BCUT2D eigenvalue weighted by Gasteiger charge is -2.34. The Labute approximate surface area is 142 Å². The van der Waals surface area contributed by atoms with Crippen molar-refractivity contribution in [3.63, 3.8) is 0 Å². The number of carbonyl (C=O) groups excluding carboxylic acids is 1. The molecule has 0 saturated heterocycles. The molecule has 0 aromatic heterocycles. The molecule has 1 aliphatic carbocycles. The van der Waals surface area contributed by atoms with E-state index in [9.17, 15) is 19.1 Å². The molecule has 0 saturated carbocycles. The number of phosphoric acid groups is 1. The van der Waals surface area contributed by atoms with Crippen molar-refractivity contribution >= 4 is 13.7 Å². The van der Waals surface area contributed by atoms with Crippen molar-refractivity contribution in [2.75, 3.05) is 0 Å². The van der Waals surface area contributed by atoms with Gasteiger partial charge in [0.05, 0.1) is 20.0 Å². The summed E-state index contributed by atoms with van der Waals surface area (Å²) in [6.07, 6.45) is 5.04. The molecule has 0 fully saturated rings. The standard InChI is InChI=1S/C17H26NO5P/c1-2-3-4-5-6-11-16(19)18-17-14-10-8-7-9-13(14)12-15(17)23-24(20,21)22/h7-10,15,17H,2-6,11-12H2,1H3,(H,18,19)(H2,20,21,22)/p-2. The summed E-state index contributed by atoms with van der Waals surface area (Å²) in [7, 11) is -5.11. The Morgan fingerprint density at radius 1 is 1.25 bits per heavy atom. The van der Waals surface area contributed by atoms with Crippen LogP contribution < -0.4 is 15.1 Å². The molecule has 1 aromatic carbocycles. The van der Waals surface area contributed by atoms with E-state index in [2.05, 4.69) is 16.8 Å². The van der Waals surface area contributed by atoms with Gasteiger partial charge in [-0.3, -0.25) is 4.79 Å². The zero-order chi connectivity index (χ0) is 17.6. The van der Waals surface area contributed by atoms with Gasteiger partial charge in [-0.15, -0.1) is 0 Å². The van der Waals surface area contributed by atoms with Gasteiger partial charge in [0.25, 0.3) is 0 Å². The van der Waals surface area contributed by atoms with Gasteiger partial charge in [-0.25, -0.2) is 0 Å². The summed E-state index contributed by atoms with van der Waals surface area (Å²) in [4.78, 5) is 34.1. The minimum atomic E-state index is -5.11. The summed E-state index contributed by atoms with van der Waals surface area (Å²) in [6.45, 7) is 2.13. The number of fused-ring (bicyclic) bond motifs is 1. The van der Waals surface area contributed by atoms with Crippen LogP contribution >= 0.6 is 7.82 Å². The molecule has 0 aliphatic heterocycles. The molecular weight excluding hydrogens is 329 g/mol. The Morgan fingerprint density at radius 2 is 1.96 bits per heavy atom. The van der Waals surface area contributed by atoms with Crippen LogP contribution in [-0.4, -0.2) is 12.0 Å². The number of carbonyl (C=O) groups is 1. The van der Waals surface area contributed by atoms with E-state index in [0.29, 0.717) is 12.8 Å². The Morgan fingerprint density at radius 3 is 2.67 bits per heavy atom. The number of rotatable bonds is 9. The maximum atomic E-state index is 12.2. The number of benzene rings is 1. The van der Waals surface area contributed by atoms with Crippen molar-refractivity contribution in [2.24, 2.45) is 0 Å². The molecule has 2 unspecified atom stereocenters. The van der Waals surface area contributed by atoms with Crippen LogP contribution in [0.5, 0.6) is 0 Å². The fraction of sp³-hybridized carbons (Fsp3) is 0.588. The second-order valence-corrected chi connectivity index (χ2v) is 7.31. The molecule has 0 spiro atoms. The molecule has 0 radical (unpaired) electrons. The number of unbranched alkanes of at least 4 members (excludes halogenated alkanes) is 4. The number of hydrogen-bond donors (Lipinski definition) is 1. The van der Waals surface area contributed by atoms with Gasteiger partial charge in [-0.2, -0.15) is 0 Å². The van der Waals surface area contributed by atoms with E-state index in [-0.39, 0.29) is 5.91 Å². The van der Waals surface area contributed by atoms with Crippen LogP contribution in [-0.2, 0) is 20.3 Å². The van der Waals surface area contributed by atoms with Crippen LogP contribution in [0.3, 0.4) is 0 Å². The molecule has 1 aliphatic rings. The molecule has 2 atom stereocenters. The third kappa shape index (κ3) is 5.71. The number of hydrogen-bond acceptors (Lipinski definition) is 5. The molecule has 0 bridgehead atoms. The van der Waals surface area contributed by atoms with Crippen LogP contribution in [0.15, 0.2) is 24.3 Å². The predicted octanol–water partition coefficient (Wildman–Crippen LogP) is 1.97. The average Bonchev–Trinajstić information content (AvgIpc) is 2.83. The molecule has 1 amide bonds. The lowest BCUT2D eigenvalue weighted by atomic mass is 10.1. The summed E-state index contributed by atoms with van der Waals surface area (Å²) in [5, 5.41) is 2.84. The van der Waals surface area contributed by atoms with E-state index in [1.807, 2.05) is 24.3 Å². The van der Waals surface area contributed by atoms with Crippen LogP contribution in [0, 0.1) is 0 Å². The molecule has 2 rings (SSSR count). The van der Waals surface area contributed by atoms with Crippen molar-refractivity contribution < 1.29 is 23.7 Å². The van der Waals surface area contributed by atoms with Gasteiger partial charge in [0.2, 0.25) is 5.91 Å². The lowest BCUT2D eigenvalue weighted by Crippen LogP contribution is -2.36. The SMILES string of the molecule is CCCCCCCC(=O)NC1c2ccccc2CC1OP(=O)([O-])[O-]. The first-order valence-electron chi connectivity index (χ1n) is 8.48. The number of phosphoric ester groups is 1. The van der Waals surface area contributed by atoms with E-state index in [0.717, 1.165) is 43.2 Å². The number of amides is 1. The molecule has 7 heteroatoms. The van der Waals surface area contributed by atoms with Crippen molar-refractivity contribution in [1.29, 1.82) is 0 Å². The minimum absolute atomic E-state index is 0.145. The van der Waals surface area contributed by atoms with Gasteiger partial charge in [-0.1, -0.05) is 56.9 Å². The third-order valence-corrected chi connectivity index (χ3v) is 4.80. The summed E-state index contributed by atoms with van der Waals surface area (Å²) in [5.74, 6) is -0.145. The van der Waals surface area contributed by atoms with Crippen LogP contribution in [0.1, 0.15) is 62.6 Å². The van der Waals surface area contributed by atoms with Crippen molar-refractivity contribution in [1.82, 2.24) is 5.32 Å². The topological polar surface area (TPSA) is 102 Å². The van der Waals surface area contributed by atoms with Crippen LogP contribution in [0.25, 0.3) is 0 Å². The van der Waals surface area contributed by atoms with E-state index >= 15 is 0 Å². The van der Waals surface area contributed by atoms with Crippen molar-refractivity contribution in [2.45, 2.75) is 64.0 Å². The molecule has 0 heterocycles. The van der Waals surface area contributed by atoms with E-state index in [1.54, 1.807) is 0 Å². The summed E-state index contributed by atoms with van der Waals surface area (Å²) < 4.78 is 15.7. The summed E-state index contributed by atoms with van der Waals surface area (Å²) >= 11 is 0. The Hall–Kier alpha value is -1.20. The first kappa shape index (κ1) is 19.1. The quantitative estimate of drug-likeness (QED) is 0.540. The van der Waals surface area contributed by atoms with Crippen LogP contribution in [0.4, 0.5) is 0 Å². The van der Waals surface area contributed by atoms with Gasteiger partial charge in [-0.05, 0) is 17.5 Å². The zero-order valence-corrected chi connectivity index (χ0v) is 14.8. The van der Waals surface area contributed by atoms with Gasteiger partial charge in [0.15, 0.2) is 0 Å². The van der Waals surface area contributed by atoms with E-state index < -0.39 is 20.0 Å². The first-order valence-corrected chi connectivity index (χ1v) is 9.94. The van der Waals surface area contributed by atoms with Gasteiger partial charge >= 0.3 is 0 Å². The fourth-order valence-corrected chi connectivity index (χ4v) is 3.66. The zero-order valence-electron chi connectivity index (χ0n) is 13.9. The highest BCUT2D eigenvalue weighted by Gasteiger charge is 2.34. The molecule has 1 aromatic rings. The maximum absolute atomic E-state index is 12.2. The lowest BCUT2D eigenvalue weighted by molar-refractivity contribution is -0.345. The van der Waals surface area contributed by atoms with Crippen molar-refractivity contribution in [3.8, 4) is 0 Å². The highest BCUT2D eigenvalue weighted by molar-refractivity contribution is 7.43. The molecule has 1 N–H and O–H groups in total. The highest BCUT2D eigenvalue weighted by atomic mass is 31.2. The first-order chi connectivity index (χ1) is 11.4. The second-order valence-electron chi connectivity index (χ2n) is 6.20. The Bertz CT molecular complexity index is 600. The van der Waals surface area contributed by atoms with E-state index in [1.165, 1.54) is 0 Å². The molecule has 134 valence electrons. The molecule has 6 nitrogen and oxygen atoms in total. The minimum Gasteiger partial charge on any atom is -0.790 e. The summed E-state index contributed by atoms with van der Waals surface area (Å²) in [5.41, 5.74) is 1.71. The van der Waals surface area contributed by atoms with Gasteiger partial charge in [0.1, 0.15) is 0 Å². The van der Waals surface area contributed by atoms with Crippen molar-refractivity contribution in [3.05, 3.63) is 35.4 Å². The smallest absolute Gasteiger partial charge is 0.220 e. The fourth-order valence-electron chi connectivity index (χ4n) is 3.13. The van der Waals surface area contributed by atoms with E-state index in [4.69, 9.17) is 0 Å². The van der Waals surface area contributed by atoms with Gasteiger partial charge < -0.3 is 24.2 Å². The normalized spacial score (nSPS) is 20.0. The third-order valence-electron chi connectivity index (χ3n) is 4.27. The number of nitrogens with one attached hydrogen (secondary N) is 1. The summed E-state index contributed by atoms with van der Waals surface area (Å²) in [6, 6.07) is 6.73. The second kappa shape index (κ2) is 8.77. The largest absolute Gasteiger partial charge is 0.790 e.